The largest absolute Gasteiger partial charge is 0.393 e. The molecule has 1 aromatic rings. The Hall–Kier alpha value is -0.450. The quantitative estimate of drug-likeness (QED) is 0.795. The van der Waals surface area contributed by atoms with Crippen LogP contribution >= 0.6 is 11.3 Å². The Bertz CT molecular complexity index is 318. The summed E-state index contributed by atoms with van der Waals surface area (Å²) in [5, 5.41) is 13.7. The highest BCUT2D eigenvalue weighted by molar-refractivity contribution is 7.11. The summed E-state index contributed by atoms with van der Waals surface area (Å²) in [4.78, 5) is 5.70. The van der Waals surface area contributed by atoms with Crippen molar-refractivity contribution in [2.75, 3.05) is 0 Å². The molecule has 0 spiro atoms. The predicted molar refractivity (Wildman–Crippen MR) is 57.5 cm³/mol. The number of hydrogen-bond acceptors (Lipinski definition) is 4. The van der Waals surface area contributed by atoms with Gasteiger partial charge in [-0.3, -0.25) is 0 Å². The van der Waals surface area contributed by atoms with Gasteiger partial charge in [0.15, 0.2) is 0 Å². The van der Waals surface area contributed by atoms with Crippen molar-refractivity contribution >= 4 is 11.3 Å². The van der Waals surface area contributed by atoms with Crippen LogP contribution in [0.5, 0.6) is 0 Å². The van der Waals surface area contributed by atoms with Crippen LogP contribution < -0.4 is 5.32 Å². The van der Waals surface area contributed by atoms with Gasteiger partial charge in [-0.25, -0.2) is 4.98 Å². The first-order valence-electron chi connectivity index (χ1n) is 4.99. The molecule has 0 aromatic carbocycles. The van der Waals surface area contributed by atoms with E-state index >= 15 is 0 Å². The van der Waals surface area contributed by atoms with Crippen LogP contribution in [0.1, 0.15) is 28.4 Å². The van der Waals surface area contributed by atoms with Gasteiger partial charge >= 0.3 is 0 Å². The van der Waals surface area contributed by atoms with Crippen molar-refractivity contribution in [1.82, 2.24) is 10.3 Å². The number of aryl methyl sites for hydroxylation is 2. The van der Waals surface area contributed by atoms with E-state index in [1.807, 2.05) is 6.92 Å². The second-order valence-corrected chi connectivity index (χ2v) is 5.23. The summed E-state index contributed by atoms with van der Waals surface area (Å²) in [5.41, 5.74) is 1.14. The highest BCUT2D eigenvalue weighted by Gasteiger charge is 2.26. The van der Waals surface area contributed by atoms with Crippen LogP contribution in [0.2, 0.25) is 0 Å². The Morgan fingerprint density at radius 2 is 2.21 bits per heavy atom. The number of aliphatic hydroxyl groups is 1. The molecule has 1 aromatic heterocycles. The van der Waals surface area contributed by atoms with E-state index in [1.165, 1.54) is 4.88 Å². The maximum atomic E-state index is 9.12. The standard InChI is InChI=1S/C10H16N2OS/c1-6-10(14-7(2)12-6)5-11-8-3-9(13)4-8/h8-9,11,13H,3-5H2,1-2H3. The molecule has 1 heterocycles. The molecule has 0 atom stereocenters. The van der Waals surface area contributed by atoms with Gasteiger partial charge in [-0.1, -0.05) is 0 Å². The van der Waals surface area contributed by atoms with Crippen LogP contribution in [0.15, 0.2) is 0 Å². The van der Waals surface area contributed by atoms with Gasteiger partial charge in [-0.15, -0.1) is 11.3 Å². The fourth-order valence-electron chi connectivity index (χ4n) is 1.73. The molecule has 0 bridgehead atoms. The zero-order valence-corrected chi connectivity index (χ0v) is 9.40. The molecule has 2 N–H and O–H groups in total. The van der Waals surface area contributed by atoms with Crippen molar-refractivity contribution in [3.8, 4) is 0 Å². The minimum absolute atomic E-state index is 0.0724. The Morgan fingerprint density at radius 3 is 2.71 bits per heavy atom. The first-order chi connectivity index (χ1) is 6.65. The third-order valence-corrected chi connectivity index (χ3v) is 3.74. The fourth-order valence-corrected chi connectivity index (χ4v) is 2.62. The lowest BCUT2D eigenvalue weighted by atomic mass is 9.89. The Morgan fingerprint density at radius 1 is 1.50 bits per heavy atom. The molecule has 2 rings (SSSR count). The highest BCUT2D eigenvalue weighted by atomic mass is 32.1. The third-order valence-electron chi connectivity index (χ3n) is 2.66. The van der Waals surface area contributed by atoms with Gasteiger partial charge in [0.25, 0.3) is 0 Å². The molecule has 0 radical (unpaired) electrons. The van der Waals surface area contributed by atoms with Crippen LogP contribution in [-0.2, 0) is 6.54 Å². The molecule has 1 fully saturated rings. The van der Waals surface area contributed by atoms with Gasteiger partial charge in [-0.05, 0) is 26.7 Å². The number of thiazole rings is 1. The zero-order chi connectivity index (χ0) is 10.1. The summed E-state index contributed by atoms with van der Waals surface area (Å²) >= 11 is 1.76. The van der Waals surface area contributed by atoms with Crippen molar-refractivity contribution in [2.24, 2.45) is 0 Å². The normalized spacial score (nSPS) is 26.2. The lowest BCUT2D eigenvalue weighted by molar-refractivity contribution is 0.0620. The predicted octanol–water partition coefficient (Wildman–Crippen LogP) is 1.37. The molecule has 78 valence electrons. The van der Waals surface area contributed by atoms with Crippen LogP contribution in [0, 0.1) is 13.8 Å². The smallest absolute Gasteiger partial charge is 0.0900 e. The Balaban J connectivity index is 1.83. The number of nitrogens with one attached hydrogen (secondary N) is 1. The van der Waals surface area contributed by atoms with Crippen LogP contribution in [0.25, 0.3) is 0 Å². The zero-order valence-electron chi connectivity index (χ0n) is 8.58. The van der Waals surface area contributed by atoms with Gasteiger partial charge in [0.05, 0.1) is 16.8 Å². The number of aliphatic hydroxyl groups excluding tert-OH is 1. The van der Waals surface area contributed by atoms with Gasteiger partial charge < -0.3 is 10.4 Å². The van der Waals surface area contributed by atoms with Gasteiger partial charge in [0.2, 0.25) is 0 Å². The van der Waals surface area contributed by atoms with Crippen molar-refractivity contribution in [2.45, 2.75) is 45.4 Å². The van der Waals surface area contributed by atoms with E-state index in [-0.39, 0.29) is 6.10 Å². The molecule has 0 aliphatic heterocycles. The molecule has 14 heavy (non-hydrogen) atoms. The fraction of sp³-hybridized carbons (Fsp3) is 0.700. The Labute approximate surface area is 88.2 Å². The maximum absolute atomic E-state index is 9.12. The number of hydrogen-bond donors (Lipinski definition) is 2. The summed E-state index contributed by atoms with van der Waals surface area (Å²) in [7, 11) is 0. The van der Waals surface area contributed by atoms with E-state index in [2.05, 4.69) is 17.2 Å². The molecule has 4 heteroatoms. The molecule has 0 unspecified atom stereocenters. The van der Waals surface area contributed by atoms with E-state index < -0.39 is 0 Å². The summed E-state index contributed by atoms with van der Waals surface area (Å²) in [6, 6.07) is 0.506. The Kier molecular flexibility index (Phi) is 2.85. The SMILES string of the molecule is Cc1nc(C)c(CNC2CC(O)C2)s1. The lowest BCUT2D eigenvalue weighted by Crippen LogP contribution is -2.43. The van der Waals surface area contributed by atoms with Crippen molar-refractivity contribution < 1.29 is 5.11 Å². The van der Waals surface area contributed by atoms with Crippen LogP contribution in [0.3, 0.4) is 0 Å². The topological polar surface area (TPSA) is 45.2 Å². The molecule has 0 amide bonds. The van der Waals surface area contributed by atoms with E-state index in [0.717, 1.165) is 30.1 Å². The molecular formula is C10H16N2OS. The number of aromatic nitrogens is 1. The van der Waals surface area contributed by atoms with Crippen molar-refractivity contribution in [1.29, 1.82) is 0 Å². The molecule has 3 nitrogen and oxygen atoms in total. The highest BCUT2D eigenvalue weighted by Crippen LogP contribution is 2.22. The average Bonchev–Trinajstić information content (AvgIpc) is 2.37. The van der Waals surface area contributed by atoms with E-state index in [0.29, 0.717) is 6.04 Å². The van der Waals surface area contributed by atoms with Gasteiger partial charge in [0, 0.05) is 17.5 Å². The lowest BCUT2D eigenvalue weighted by Gasteiger charge is -2.32. The summed E-state index contributed by atoms with van der Waals surface area (Å²) in [5.74, 6) is 0. The van der Waals surface area contributed by atoms with Gasteiger partial charge in [-0.2, -0.15) is 0 Å². The molecular weight excluding hydrogens is 196 g/mol. The first-order valence-corrected chi connectivity index (χ1v) is 5.81. The third kappa shape index (κ3) is 2.13. The summed E-state index contributed by atoms with van der Waals surface area (Å²) in [6.45, 7) is 4.99. The first kappa shape index (κ1) is 10.1. The minimum Gasteiger partial charge on any atom is -0.393 e. The van der Waals surface area contributed by atoms with Crippen molar-refractivity contribution in [3.05, 3.63) is 15.6 Å². The second-order valence-electron chi connectivity index (χ2n) is 3.94. The second kappa shape index (κ2) is 3.96. The number of nitrogens with zero attached hydrogens (tertiary/aromatic N) is 1. The summed E-state index contributed by atoms with van der Waals surface area (Å²) < 4.78 is 0. The van der Waals surface area contributed by atoms with Crippen LogP contribution in [-0.4, -0.2) is 22.2 Å². The summed E-state index contributed by atoms with van der Waals surface area (Å²) in [6.07, 6.45) is 1.73. The van der Waals surface area contributed by atoms with Gasteiger partial charge in [0.1, 0.15) is 0 Å². The average molecular weight is 212 g/mol. The molecule has 0 saturated heterocycles. The minimum atomic E-state index is -0.0724. The monoisotopic (exact) mass is 212 g/mol. The molecule has 1 aliphatic rings. The maximum Gasteiger partial charge on any atom is 0.0900 e. The van der Waals surface area contributed by atoms with E-state index in [9.17, 15) is 0 Å². The van der Waals surface area contributed by atoms with Crippen LogP contribution in [0.4, 0.5) is 0 Å². The number of rotatable bonds is 3. The van der Waals surface area contributed by atoms with E-state index in [4.69, 9.17) is 5.11 Å². The molecule has 1 saturated carbocycles. The van der Waals surface area contributed by atoms with E-state index in [1.54, 1.807) is 11.3 Å². The molecule has 1 aliphatic carbocycles. The van der Waals surface area contributed by atoms with Crippen molar-refractivity contribution in [3.63, 3.8) is 0 Å².